The van der Waals surface area contributed by atoms with Crippen LogP contribution >= 0.6 is 27.7 Å². The van der Waals surface area contributed by atoms with Crippen LogP contribution in [-0.2, 0) is 11.4 Å². The van der Waals surface area contributed by atoms with Crippen LogP contribution in [-0.4, -0.2) is 22.3 Å². The minimum absolute atomic E-state index is 0.106. The molecule has 1 amide bonds. The fraction of sp³-hybridized carbons (Fsp3) is 0.300. The molecule has 3 atom stereocenters. The SMILES string of the molecule is C[C@@H]1CCCC[C@@H]1N1C(=O)/C(=C/c2ccccc2OCc2ccc(Br)cc2)SC1Nc1ccccc1. The summed E-state index contributed by atoms with van der Waals surface area (Å²) in [7, 11) is 0. The molecule has 4 nitrogen and oxygen atoms in total. The molecule has 5 rings (SSSR count). The normalized spacial score (nSPS) is 23.2. The predicted octanol–water partition coefficient (Wildman–Crippen LogP) is 7.92. The number of thioether (sulfide) groups is 1. The molecular weight excluding hydrogens is 532 g/mol. The minimum Gasteiger partial charge on any atom is -0.488 e. The van der Waals surface area contributed by atoms with E-state index in [1.807, 2.05) is 72.8 Å². The van der Waals surface area contributed by atoms with Gasteiger partial charge in [-0.2, -0.15) is 0 Å². The van der Waals surface area contributed by atoms with E-state index in [1.165, 1.54) is 19.3 Å². The van der Waals surface area contributed by atoms with Crippen molar-refractivity contribution < 1.29 is 9.53 Å². The van der Waals surface area contributed by atoms with Crippen molar-refractivity contribution in [3.05, 3.63) is 99.4 Å². The number of carbonyl (C=O) groups is 1. The van der Waals surface area contributed by atoms with Crippen molar-refractivity contribution in [3.63, 3.8) is 0 Å². The molecule has 1 aliphatic carbocycles. The van der Waals surface area contributed by atoms with Gasteiger partial charge >= 0.3 is 0 Å². The molecule has 186 valence electrons. The van der Waals surface area contributed by atoms with Crippen LogP contribution in [0.4, 0.5) is 5.69 Å². The van der Waals surface area contributed by atoms with Gasteiger partial charge in [-0.1, -0.05) is 96.0 Å². The van der Waals surface area contributed by atoms with Gasteiger partial charge < -0.3 is 15.0 Å². The number of rotatable bonds is 7. The molecule has 1 aliphatic heterocycles. The Morgan fingerprint density at radius 1 is 1.00 bits per heavy atom. The van der Waals surface area contributed by atoms with Gasteiger partial charge in [-0.3, -0.25) is 4.79 Å². The molecule has 1 unspecified atom stereocenters. The van der Waals surface area contributed by atoms with Gasteiger partial charge in [0.2, 0.25) is 0 Å². The fourth-order valence-corrected chi connectivity index (χ4v) is 6.45. The lowest BCUT2D eigenvalue weighted by Gasteiger charge is -2.39. The molecular formula is C30H31BrN2O2S. The first-order valence-corrected chi connectivity index (χ1v) is 14.2. The van der Waals surface area contributed by atoms with Gasteiger partial charge in [0.25, 0.3) is 5.91 Å². The summed E-state index contributed by atoms with van der Waals surface area (Å²) in [5.74, 6) is 1.37. The zero-order chi connectivity index (χ0) is 24.9. The highest BCUT2D eigenvalue weighted by molar-refractivity contribution is 9.10. The maximum atomic E-state index is 13.8. The van der Waals surface area contributed by atoms with Gasteiger partial charge in [-0.15, -0.1) is 0 Å². The Balaban J connectivity index is 1.40. The quantitative estimate of drug-likeness (QED) is 0.297. The van der Waals surface area contributed by atoms with Gasteiger partial charge in [0, 0.05) is 21.8 Å². The molecule has 2 aliphatic rings. The number of nitrogens with one attached hydrogen (secondary N) is 1. The molecule has 1 saturated heterocycles. The Morgan fingerprint density at radius 3 is 2.50 bits per heavy atom. The number of hydrogen-bond acceptors (Lipinski definition) is 4. The van der Waals surface area contributed by atoms with E-state index in [9.17, 15) is 4.79 Å². The van der Waals surface area contributed by atoms with Gasteiger partial charge in [-0.25, -0.2) is 0 Å². The second-order valence-corrected chi connectivity index (χ2v) is 11.5. The second-order valence-electron chi connectivity index (χ2n) is 9.48. The number of amides is 1. The molecule has 1 saturated carbocycles. The van der Waals surface area contributed by atoms with Crippen LogP contribution in [0.1, 0.15) is 43.7 Å². The van der Waals surface area contributed by atoms with Crippen molar-refractivity contribution in [2.24, 2.45) is 5.92 Å². The molecule has 1 heterocycles. The number of para-hydroxylation sites is 2. The summed E-state index contributed by atoms with van der Waals surface area (Å²) in [6.07, 6.45) is 6.64. The largest absolute Gasteiger partial charge is 0.488 e. The Bertz CT molecular complexity index is 1220. The van der Waals surface area contributed by atoms with E-state index in [0.717, 1.165) is 38.4 Å². The molecule has 1 N–H and O–H groups in total. The van der Waals surface area contributed by atoms with Crippen molar-refractivity contribution in [2.45, 2.75) is 50.8 Å². The van der Waals surface area contributed by atoms with Crippen molar-refractivity contribution in [3.8, 4) is 5.75 Å². The summed E-state index contributed by atoms with van der Waals surface area (Å²) in [4.78, 5) is 16.7. The van der Waals surface area contributed by atoms with Crippen molar-refractivity contribution in [1.29, 1.82) is 0 Å². The van der Waals surface area contributed by atoms with Gasteiger partial charge in [0.1, 0.15) is 12.4 Å². The molecule has 3 aromatic rings. The highest BCUT2D eigenvalue weighted by atomic mass is 79.9. The van der Waals surface area contributed by atoms with Crippen LogP contribution in [0.25, 0.3) is 6.08 Å². The predicted molar refractivity (Wildman–Crippen MR) is 153 cm³/mol. The van der Waals surface area contributed by atoms with Crippen LogP contribution in [0.5, 0.6) is 5.75 Å². The first kappa shape index (κ1) is 25.0. The Labute approximate surface area is 226 Å². The lowest BCUT2D eigenvalue weighted by molar-refractivity contribution is -0.129. The summed E-state index contributed by atoms with van der Waals surface area (Å²) in [5.41, 5.74) is 2.90. The third kappa shape index (κ3) is 5.81. The number of benzene rings is 3. The highest BCUT2D eigenvalue weighted by Gasteiger charge is 2.43. The maximum Gasteiger partial charge on any atom is 0.262 e. The van der Waals surface area contributed by atoms with Crippen molar-refractivity contribution >= 4 is 45.4 Å². The number of anilines is 1. The third-order valence-corrected chi connectivity index (χ3v) is 8.58. The summed E-state index contributed by atoms with van der Waals surface area (Å²) in [6, 6.07) is 26.5. The van der Waals surface area contributed by atoms with E-state index in [-0.39, 0.29) is 17.4 Å². The van der Waals surface area contributed by atoms with Crippen LogP contribution in [0, 0.1) is 5.92 Å². The third-order valence-electron chi connectivity index (χ3n) is 6.94. The molecule has 3 aromatic carbocycles. The number of ether oxygens (including phenoxy) is 1. The molecule has 0 aromatic heterocycles. The zero-order valence-corrected chi connectivity index (χ0v) is 22.8. The van der Waals surface area contributed by atoms with Crippen LogP contribution in [0.3, 0.4) is 0 Å². The molecule has 36 heavy (non-hydrogen) atoms. The standard InChI is InChI=1S/C30H31BrN2O2S/c1-21-9-5-7-13-26(21)33-29(34)28(36-30(33)32-25-11-3-2-4-12-25)19-23-10-6-8-14-27(23)35-20-22-15-17-24(31)18-16-22/h2-4,6,8,10-12,14-19,21,26,30,32H,5,7,9,13,20H2,1H3/b28-19-/t21-,26+,30?/m1/s1. The lowest BCUT2D eigenvalue weighted by Crippen LogP contribution is -2.48. The Morgan fingerprint density at radius 2 is 1.72 bits per heavy atom. The van der Waals surface area contributed by atoms with Crippen LogP contribution in [0.15, 0.2) is 88.2 Å². The maximum absolute atomic E-state index is 13.8. The topological polar surface area (TPSA) is 41.6 Å². The molecule has 0 bridgehead atoms. The first-order valence-electron chi connectivity index (χ1n) is 12.6. The van der Waals surface area contributed by atoms with E-state index in [2.05, 4.69) is 45.2 Å². The average Bonchev–Trinajstić information content (AvgIpc) is 3.19. The van der Waals surface area contributed by atoms with E-state index >= 15 is 0 Å². The number of hydrogen-bond donors (Lipinski definition) is 1. The smallest absolute Gasteiger partial charge is 0.262 e. The number of nitrogens with zero attached hydrogens (tertiary/aromatic N) is 1. The molecule has 2 fully saturated rings. The van der Waals surface area contributed by atoms with E-state index < -0.39 is 0 Å². The fourth-order valence-electron chi connectivity index (χ4n) is 4.98. The van der Waals surface area contributed by atoms with Gasteiger partial charge in [-0.05, 0) is 60.7 Å². The van der Waals surface area contributed by atoms with Crippen molar-refractivity contribution in [2.75, 3.05) is 5.32 Å². The monoisotopic (exact) mass is 562 g/mol. The van der Waals surface area contributed by atoms with Gasteiger partial charge in [0.05, 0.1) is 4.91 Å². The highest BCUT2D eigenvalue weighted by Crippen LogP contribution is 2.42. The summed E-state index contributed by atoms with van der Waals surface area (Å²) in [5, 5.41) is 3.61. The first-order chi connectivity index (χ1) is 17.6. The lowest BCUT2D eigenvalue weighted by atomic mass is 9.85. The number of carbonyl (C=O) groups excluding carboxylic acids is 1. The minimum atomic E-state index is -0.132. The van der Waals surface area contributed by atoms with E-state index in [4.69, 9.17) is 4.74 Å². The van der Waals surface area contributed by atoms with Gasteiger partial charge in [0.15, 0.2) is 5.50 Å². The molecule has 6 heteroatoms. The number of halogens is 1. The summed E-state index contributed by atoms with van der Waals surface area (Å²) < 4.78 is 7.23. The van der Waals surface area contributed by atoms with E-state index in [1.54, 1.807) is 11.8 Å². The summed E-state index contributed by atoms with van der Waals surface area (Å²) >= 11 is 5.08. The summed E-state index contributed by atoms with van der Waals surface area (Å²) in [6.45, 7) is 2.76. The van der Waals surface area contributed by atoms with Crippen LogP contribution in [0.2, 0.25) is 0 Å². The van der Waals surface area contributed by atoms with Crippen LogP contribution < -0.4 is 10.1 Å². The molecule has 0 spiro atoms. The second kappa shape index (κ2) is 11.6. The Kier molecular flexibility index (Phi) is 8.02. The zero-order valence-electron chi connectivity index (χ0n) is 20.4. The van der Waals surface area contributed by atoms with E-state index in [0.29, 0.717) is 12.5 Å². The Hall–Kier alpha value is -2.70. The van der Waals surface area contributed by atoms with Crippen molar-refractivity contribution in [1.82, 2.24) is 4.90 Å². The molecule has 0 radical (unpaired) electrons. The average molecular weight is 564 g/mol.